The molecule has 0 spiro atoms. The van der Waals surface area contributed by atoms with Crippen molar-refractivity contribution < 1.29 is 38.4 Å². The summed E-state index contributed by atoms with van der Waals surface area (Å²) in [6, 6.07) is 0. The van der Waals surface area contributed by atoms with Gasteiger partial charge in [0, 0.05) is 12.8 Å². The lowest BCUT2D eigenvalue weighted by molar-refractivity contribution is -0.137. The first-order valence-electron chi connectivity index (χ1n) is 9.49. The molecule has 0 aromatic heterocycles. The molecule has 0 aromatic rings. The van der Waals surface area contributed by atoms with E-state index in [9.17, 15) is 33.3 Å². The summed E-state index contributed by atoms with van der Waals surface area (Å²) in [6.45, 7) is 1.59. The number of rotatable bonds is 14. The van der Waals surface area contributed by atoms with Crippen LogP contribution in [0.25, 0.3) is 0 Å². The van der Waals surface area contributed by atoms with E-state index in [1.54, 1.807) is 43.4 Å². The van der Waals surface area contributed by atoms with Gasteiger partial charge in [-0.05, 0) is 32.6 Å². The summed E-state index contributed by atoms with van der Waals surface area (Å²) < 4.78 is 36.1. The Balaban J connectivity index is 4.14. The maximum Gasteiger partial charge on any atom is 0.389 e. The predicted octanol–water partition coefficient (Wildman–Crippen LogP) is 4.06. The van der Waals surface area contributed by atoms with E-state index in [1.165, 1.54) is 12.2 Å². The Labute approximate surface area is 169 Å². The summed E-state index contributed by atoms with van der Waals surface area (Å²) in [4.78, 5) is 10.5. The minimum atomic E-state index is -4.20. The van der Waals surface area contributed by atoms with Gasteiger partial charge in [0.2, 0.25) is 0 Å². The van der Waals surface area contributed by atoms with Crippen molar-refractivity contribution in [3.05, 3.63) is 48.6 Å². The molecule has 4 N–H and O–H groups in total. The van der Waals surface area contributed by atoms with Crippen molar-refractivity contribution in [3.63, 3.8) is 0 Å². The zero-order valence-electron chi connectivity index (χ0n) is 16.6. The molecule has 0 fully saturated rings. The maximum atomic E-state index is 12.0. The summed E-state index contributed by atoms with van der Waals surface area (Å²) >= 11 is 0. The van der Waals surface area contributed by atoms with Crippen molar-refractivity contribution in [3.8, 4) is 0 Å². The molecule has 0 radical (unpaired) electrons. The molecular weight excluding hydrogens is 389 g/mol. The number of hydrogen-bond acceptors (Lipinski definition) is 4. The SMILES string of the molecule is C[C@@](O)(/C=C/C=C\C=C\C=C\[C@@H](O)[C@H](O)CCCCC(F)(F)F)CCCC(=O)O. The quantitative estimate of drug-likeness (QED) is 0.251. The van der Waals surface area contributed by atoms with Crippen molar-refractivity contribution in [1.82, 2.24) is 0 Å². The fraction of sp³-hybridized carbons (Fsp3) is 0.571. The van der Waals surface area contributed by atoms with Gasteiger partial charge in [0.25, 0.3) is 0 Å². The first-order chi connectivity index (χ1) is 13.4. The van der Waals surface area contributed by atoms with Crippen LogP contribution in [0.5, 0.6) is 0 Å². The number of carboxylic acid groups (broad SMARTS) is 1. The largest absolute Gasteiger partial charge is 0.481 e. The van der Waals surface area contributed by atoms with Gasteiger partial charge in [0.1, 0.15) is 0 Å². The highest BCUT2D eigenvalue weighted by Gasteiger charge is 2.26. The van der Waals surface area contributed by atoms with Gasteiger partial charge in [-0.1, -0.05) is 55.0 Å². The lowest BCUT2D eigenvalue weighted by Gasteiger charge is -2.17. The Bertz CT molecular complexity index is 577. The van der Waals surface area contributed by atoms with E-state index in [1.807, 2.05) is 0 Å². The highest BCUT2D eigenvalue weighted by atomic mass is 19.4. The normalized spacial score (nSPS) is 17.5. The number of carboxylic acids is 1. The highest BCUT2D eigenvalue weighted by Crippen LogP contribution is 2.23. The Hall–Kier alpha value is -1.90. The summed E-state index contributed by atoms with van der Waals surface area (Å²) in [5, 5.41) is 38.1. The number of carbonyl (C=O) groups is 1. The zero-order valence-corrected chi connectivity index (χ0v) is 16.6. The van der Waals surface area contributed by atoms with Gasteiger partial charge < -0.3 is 20.4 Å². The fourth-order valence-corrected chi connectivity index (χ4v) is 2.36. The first kappa shape index (κ1) is 27.1. The molecule has 5 nitrogen and oxygen atoms in total. The molecule has 0 saturated heterocycles. The Kier molecular flexibility index (Phi) is 13.2. The number of allylic oxidation sites excluding steroid dienone is 6. The number of aliphatic hydroxyl groups excluding tert-OH is 2. The second kappa shape index (κ2) is 14.1. The van der Waals surface area contributed by atoms with Crippen LogP contribution < -0.4 is 0 Å². The van der Waals surface area contributed by atoms with Gasteiger partial charge >= 0.3 is 12.1 Å². The van der Waals surface area contributed by atoms with Gasteiger partial charge in [0.05, 0.1) is 17.8 Å². The third kappa shape index (κ3) is 17.9. The number of halogens is 3. The molecule has 8 heteroatoms. The number of alkyl halides is 3. The second-order valence-electron chi connectivity index (χ2n) is 7.04. The molecule has 0 aromatic carbocycles. The molecule has 0 aliphatic carbocycles. The van der Waals surface area contributed by atoms with Crippen molar-refractivity contribution in [2.45, 2.75) is 75.9 Å². The summed E-state index contributed by atoms with van der Waals surface area (Å²) in [5.74, 6) is -0.901. The number of aliphatic hydroxyl groups is 3. The Morgan fingerprint density at radius 2 is 1.52 bits per heavy atom. The zero-order chi connectivity index (χ0) is 22.3. The molecule has 0 aliphatic heterocycles. The number of unbranched alkanes of at least 4 members (excludes halogenated alkanes) is 1. The van der Waals surface area contributed by atoms with Crippen LogP contribution in [0.3, 0.4) is 0 Å². The fourth-order valence-electron chi connectivity index (χ4n) is 2.36. The lowest BCUT2D eigenvalue weighted by Crippen LogP contribution is -2.23. The molecular formula is C21H31F3O5. The molecule has 3 atom stereocenters. The van der Waals surface area contributed by atoms with E-state index < -0.39 is 36.4 Å². The molecule has 0 heterocycles. The van der Waals surface area contributed by atoms with Crippen LogP contribution in [0.15, 0.2) is 48.6 Å². The molecule has 0 amide bonds. The van der Waals surface area contributed by atoms with E-state index >= 15 is 0 Å². The molecule has 0 saturated carbocycles. The van der Waals surface area contributed by atoms with Crippen LogP contribution in [0, 0.1) is 0 Å². The topological polar surface area (TPSA) is 98.0 Å². The van der Waals surface area contributed by atoms with Gasteiger partial charge in [-0.2, -0.15) is 13.2 Å². The second-order valence-corrected chi connectivity index (χ2v) is 7.04. The summed E-state index contributed by atoms with van der Waals surface area (Å²) in [7, 11) is 0. The number of aliphatic carboxylic acids is 1. The van der Waals surface area contributed by atoms with E-state index in [4.69, 9.17) is 5.11 Å². The van der Waals surface area contributed by atoms with Crippen molar-refractivity contribution >= 4 is 5.97 Å². The van der Waals surface area contributed by atoms with E-state index in [0.717, 1.165) is 0 Å². The van der Waals surface area contributed by atoms with E-state index in [2.05, 4.69) is 0 Å². The van der Waals surface area contributed by atoms with Gasteiger partial charge in [-0.15, -0.1) is 0 Å². The van der Waals surface area contributed by atoms with Crippen LogP contribution in [0.1, 0.15) is 51.9 Å². The van der Waals surface area contributed by atoms with Crippen LogP contribution in [0.4, 0.5) is 13.2 Å². The average Bonchev–Trinajstić information content (AvgIpc) is 2.59. The van der Waals surface area contributed by atoms with E-state index in [0.29, 0.717) is 12.8 Å². The molecule has 0 unspecified atom stereocenters. The third-order valence-corrected chi connectivity index (χ3v) is 4.00. The molecule has 0 rings (SSSR count). The Morgan fingerprint density at radius 3 is 2.10 bits per heavy atom. The van der Waals surface area contributed by atoms with Crippen LogP contribution >= 0.6 is 0 Å². The Morgan fingerprint density at radius 1 is 0.931 bits per heavy atom. The van der Waals surface area contributed by atoms with Crippen LogP contribution in [-0.4, -0.2) is 50.4 Å². The lowest BCUT2D eigenvalue weighted by atomic mass is 9.98. The van der Waals surface area contributed by atoms with Gasteiger partial charge in [0.15, 0.2) is 0 Å². The minimum absolute atomic E-state index is 0.00298. The van der Waals surface area contributed by atoms with Crippen LogP contribution in [-0.2, 0) is 4.79 Å². The summed E-state index contributed by atoms with van der Waals surface area (Å²) in [6.07, 6.45) is 6.18. The van der Waals surface area contributed by atoms with Crippen molar-refractivity contribution in [2.24, 2.45) is 0 Å². The minimum Gasteiger partial charge on any atom is -0.481 e. The third-order valence-electron chi connectivity index (χ3n) is 4.00. The first-order valence-corrected chi connectivity index (χ1v) is 9.49. The van der Waals surface area contributed by atoms with Crippen LogP contribution in [0.2, 0.25) is 0 Å². The van der Waals surface area contributed by atoms with E-state index in [-0.39, 0.29) is 25.7 Å². The van der Waals surface area contributed by atoms with Crippen molar-refractivity contribution in [1.29, 1.82) is 0 Å². The molecule has 166 valence electrons. The predicted molar refractivity (Wildman–Crippen MR) is 105 cm³/mol. The molecule has 0 bridgehead atoms. The van der Waals surface area contributed by atoms with Gasteiger partial charge in [-0.25, -0.2) is 0 Å². The smallest absolute Gasteiger partial charge is 0.389 e. The monoisotopic (exact) mass is 420 g/mol. The average molecular weight is 420 g/mol. The standard InChI is InChI=1S/C21H31F3O5/c1-20(29,15-10-13-19(27)28)14-8-5-3-2-4-6-11-17(25)18(26)12-7-9-16-21(22,23)24/h2-6,8,11,14,17-18,25-26,29H,7,9-10,12-13,15-16H2,1H3,(H,27,28)/b4-2+,5-3-,11-6+,14-8+/t17-,18-,20-/m1/s1. The summed E-state index contributed by atoms with van der Waals surface area (Å²) in [5.41, 5.74) is -1.09. The van der Waals surface area contributed by atoms with Gasteiger partial charge in [-0.3, -0.25) is 4.79 Å². The number of hydrogen-bond donors (Lipinski definition) is 4. The van der Waals surface area contributed by atoms with Crippen molar-refractivity contribution in [2.75, 3.05) is 0 Å². The molecule has 29 heavy (non-hydrogen) atoms. The molecule has 0 aliphatic rings. The maximum absolute atomic E-state index is 12.0. The highest BCUT2D eigenvalue weighted by molar-refractivity contribution is 5.66.